The molecule has 0 spiro atoms. The van der Waals surface area contributed by atoms with Crippen molar-refractivity contribution in [3.8, 4) is 5.75 Å². The molecule has 30 heavy (non-hydrogen) atoms. The molecule has 1 saturated carbocycles. The van der Waals surface area contributed by atoms with Crippen LogP contribution >= 0.6 is 0 Å². The Morgan fingerprint density at radius 3 is 2.50 bits per heavy atom. The Morgan fingerprint density at radius 1 is 1.07 bits per heavy atom. The smallest absolute Gasteiger partial charge is 0.331 e. The van der Waals surface area contributed by atoms with Crippen LogP contribution in [0.15, 0.2) is 42.5 Å². The number of nitrogens with one attached hydrogen (secondary N) is 2. The average Bonchev–Trinajstić information content (AvgIpc) is 3.24. The zero-order valence-corrected chi connectivity index (χ0v) is 17.1. The Kier molecular flexibility index (Phi) is 7.06. The van der Waals surface area contributed by atoms with Gasteiger partial charge in [-0.1, -0.05) is 31.0 Å². The van der Waals surface area contributed by atoms with Crippen LogP contribution < -0.4 is 15.4 Å². The number of rotatable bonds is 6. The number of esters is 1. The van der Waals surface area contributed by atoms with E-state index in [2.05, 4.69) is 10.6 Å². The van der Waals surface area contributed by atoms with E-state index in [1.165, 1.54) is 13.0 Å². The molecule has 1 fully saturated rings. The summed E-state index contributed by atoms with van der Waals surface area (Å²) in [5, 5.41) is 7.00. The average molecular weight is 410 g/mol. The zero-order chi connectivity index (χ0) is 21.5. The van der Waals surface area contributed by atoms with Gasteiger partial charge < -0.3 is 14.8 Å². The summed E-state index contributed by atoms with van der Waals surface area (Å²) >= 11 is 0. The van der Waals surface area contributed by atoms with Crippen LogP contribution in [0, 0.1) is 0 Å². The van der Waals surface area contributed by atoms with Crippen molar-refractivity contribution in [2.24, 2.45) is 0 Å². The first kappa shape index (κ1) is 21.4. The summed E-state index contributed by atoms with van der Waals surface area (Å²) in [6.07, 6.45) is 5.77. The fraction of sp³-hybridized carbons (Fsp3) is 0.348. The number of ether oxygens (including phenoxy) is 2. The molecule has 158 valence electrons. The van der Waals surface area contributed by atoms with E-state index in [4.69, 9.17) is 9.47 Å². The summed E-state index contributed by atoms with van der Waals surface area (Å²) < 4.78 is 10.3. The lowest BCUT2D eigenvalue weighted by atomic mass is 10.1. The minimum Gasteiger partial charge on any atom is -0.497 e. The van der Waals surface area contributed by atoms with Gasteiger partial charge in [-0.15, -0.1) is 0 Å². The van der Waals surface area contributed by atoms with Gasteiger partial charge >= 0.3 is 12.0 Å². The first-order valence-electron chi connectivity index (χ1n) is 10.0. The van der Waals surface area contributed by atoms with Crippen molar-refractivity contribution in [2.75, 3.05) is 7.11 Å². The molecule has 0 bridgehead atoms. The Hall–Kier alpha value is -3.35. The van der Waals surface area contributed by atoms with Gasteiger partial charge in [0.1, 0.15) is 5.75 Å². The topological polar surface area (TPSA) is 93.7 Å². The van der Waals surface area contributed by atoms with Crippen molar-refractivity contribution in [1.82, 2.24) is 10.6 Å². The molecule has 0 aromatic heterocycles. The van der Waals surface area contributed by atoms with E-state index >= 15 is 0 Å². The predicted molar refractivity (Wildman–Crippen MR) is 114 cm³/mol. The maximum Gasteiger partial charge on any atom is 0.331 e. The largest absolute Gasteiger partial charge is 0.497 e. The third-order valence-corrected chi connectivity index (χ3v) is 5.07. The molecule has 3 rings (SSSR count). The molecule has 3 amide bonds. The number of urea groups is 1. The van der Waals surface area contributed by atoms with Gasteiger partial charge in [0, 0.05) is 12.1 Å². The highest BCUT2D eigenvalue weighted by molar-refractivity contribution is 5.98. The molecule has 1 atom stereocenters. The first-order chi connectivity index (χ1) is 14.4. The summed E-state index contributed by atoms with van der Waals surface area (Å²) in [6, 6.07) is 11.0. The van der Waals surface area contributed by atoms with E-state index in [0.29, 0.717) is 0 Å². The molecule has 2 aromatic carbocycles. The minimum absolute atomic E-state index is 0.0987. The number of imide groups is 1. The molecule has 1 aliphatic carbocycles. The number of carbonyl (C=O) groups is 3. The number of hydrogen-bond donors (Lipinski definition) is 2. The number of fused-ring (bicyclic) bond motifs is 1. The van der Waals surface area contributed by atoms with E-state index in [0.717, 1.165) is 47.8 Å². The molecule has 7 heteroatoms. The quantitative estimate of drug-likeness (QED) is 0.561. The summed E-state index contributed by atoms with van der Waals surface area (Å²) in [6.45, 7) is 1.42. The highest BCUT2D eigenvalue weighted by Crippen LogP contribution is 2.22. The second kappa shape index (κ2) is 9.91. The van der Waals surface area contributed by atoms with Gasteiger partial charge in [-0.05, 0) is 60.4 Å². The van der Waals surface area contributed by atoms with Crippen molar-refractivity contribution in [3.63, 3.8) is 0 Å². The van der Waals surface area contributed by atoms with Gasteiger partial charge in [-0.25, -0.2) is 9.59 Å². The lowest BCUT2D eigenvalue weighted by Crippen LogP contribution is -2.47. The number of benzene rings is 2. The van der Waals surface area contributed by atoms with Crippen LogP contribution in [-0.2, 0) is 14.3 Å². The molecule has 0 heterocycles. The van der Waals surface area contributed by atoms with Crippen LogP contribution in [0.2, 0.25) is 0 Å². The van der Waals surface area contributed by atoms with Crippen molar-refractivity contribution >= 4 is 34.8 Å². The van der Waals surface area contributed by atoms with Gasteiger partial charge in [0.15, 0.2) is 6.10 Å². The van der Waals surface area contributed by atoms with Crippen LogP contribution in [0.25, 0.3) is 16.8 Å². The minimum atomic E-state index is -1.08. The maximum absolute atomic E-state index is 12.1. The Labute approximate surface area is 175 Å². The van der Waals surface area contributed by atoms with E-state index in [1.807, 2.05) is 36.4 Å². The molecule has 0 radical (unpaired) electrons. The summed E-state index contributed by atoms with van der Waals surface area (Å²) in [5.74, 6) is -0.547. The molecule has 2 N–H and O–H groups in total. The van der Waals surface area contributed by atoms with Gasteiger partial charge in [-0.3, -0.25) is 10.1 Å². The van der Waals surface area contributed by atoms with Gasteiger partial charge in [0.05, 0.1) is 7.11 Å². The highest BCUT2D eigenvalue weighted by atomic mass is 16.5. The fourth-order valence-corrected chi connectivity index (χ4v) is 3.41. The lowest BCUT2D eigenvalue weighted by Gasteiger charge is -2.15. The molecule has 2 aromatic rings. The van der Waals surface area contributed by atoms with E-state index in [1.54, 1.807) is 13.2 Å². The Bertz CT molecular complexity index is 963. The number of hydrogen-bond acceptors (Lipinski definition) is 5. The zero-order valence-electron chi connectivity index (χ0n) is 17.1. The van der Waals surface area contributed by atoms with E-state index < -0.39 is 24.0 Å². The normalized spacial score (nSPS) is 15.1. The van der Waals surface area contributed by atoms with Crippen LogP contribution in [0.4, 0.5) is 4.79 Å². The van der Waals surface area contributed by atoms with Crippen molar-refractivity contribution in [2.45, 2.75) is 44.8 Å². The van der Waals surface area contributed by atoms with Crippen LogP contribution in [0.1, 0.15) is 38.2 Å². The first-order valence-corrected chi connectivity index (χ1v) is 10.0. The van der Waals surface area contributed by atoms with Crippen LogP contribution in [-0.4, -0.2) is 37.2 Å². The molecular formula is C23H26N2O5. The maximum atomic E-state index is 12.1. The molecule has 0 saturated heterocycles. The molecule has 7 nitrogen and oxygen atoms in total. The third kappa shape index (κ3) is 5.83. The van der Waals surface area contributed by atoms with Gasteiger partial charge in [-0.2, -0.15) is 0 Å². The highest BCUT2D eigenvalue weighted by Gasteiger charge is 2.22. The fourth-order valence-electron chi connectivity index (χ4n) is 3.41. The second-order valence-electron chi connectivity index (χ2n) is 7.33. The summed E-state index contributed by atoms with van der Waals surface area (Å²) in [5.41, 5.74) is 0.817. The van der Waals surface area contributed by atoms with Crippen molar-refractivity contribution < 1.29 is 23.9 Å². The van der Waals surface area contributed by atoms with Crippen molar-refractivity contribution in [3.05, 3.63) is 48.0 Å². The van der Waals surface area contributed by atoms with Crippen LogP contribution in [0.3, 0.4) is 0 Å². The molecule has 0 aliphatic heterocycles. The Balaban J connectivity index is 1.51. The molecular weight excluding hydrogens is 384 g/mol. The SMILES string of the molecule is COc1ccc2cc(/C=C/C(=O)O[C@@H](C)C(=O)NC(=O)NC3CCCC3)ccc2c1. The summed E-state index contributed by atoms with van der Waals surface area (Å²) in [4.78, 5) is 35.9. The lowest BCUT2D eigenvalue weighted by molar-refractivity contribution is -0.149. The Morgan fingerprint density at radius 2 is 1.77 bits per heavy atom. The third-order valence-electron chi connectivity index (χ3n) is 5.07. The predicted octanol–water partition coefficient (Wildman–Crippen LogP) is 3.56. The number of carbonyl (C=O) groups excluding carboxylic acids is 3. The summed E-state index contributed by atoms with van der Waals surface area (Å²) in [7, 11) is 1.62. The number of methoxy groups -OCH3 is 1. The van der Waals surface area contributed by atoms with Gasteiger partial charge in [0.25, 0.3) is 5.91 Å². The molecule has 0 unspecified atom stereocenters. The van der Waals surface area contributed by atoms with Gasteiger partial charge in [0.2, 0.25) is 0 Å². The van der Waals surface area contributed by atoms with Crippen molar-refractivity contribution in [1.29, 1.82) is 0 Å². The van der Waals surface area contributed by atoms with Crippen LogP contribution in [0.5, 0.6) is 5.75 Å². The standard InChI is InChI=1S/C23H26N2O5/c1-15(22(27)25-23(28)24-19-5-3-4-6-19)30-21(26)12-8-16-7-9-18-14-20(29-2)11-10-17(18)13-16/h7-15,19H,3-6H2,1-2H3,(H2,24,25,27,28)/b12-8+/t15-/m0/s1. The molecule has 1 aliphatic rings. The number of amides is 3. The van der Waals surface area contributed by atoms with E-state index in [9.17, 15) is 14.4 Å². The monoisotopic (exact) mass is 410 g/mol. The second-order valence-corrected chi connectivity index (χ2v) is 7.33. The van der Waals surface area contributed by atoms with E-state index in [-0.39, 0.29) is 6.04 Å².